The summed E-state index contributed by atoms with van der Waals surface area (Å²) >= 11 is 1.19. The number of hydrogen-bond donors (Lipinski definition) is 0. The molecular weight excluding hydrogens is 202 g/mol. The van der Waals surface area contributed by atoms with E-state index < -0.39 is 4.92 Å². The average Bonchev–Trinajstić information content (AvgIpc) is 2.15. The Labute approximate surface area is 86.6 Å². The lowest BCUT2D eigenvalue weighted by Crippen LogP contribution is -1.93. The van der Waals surface area contributed by atoms with Crippen LogP contribution in [0, 0.1) is 17.0 Å². The molecule has 1 rings (SSSR count). The first-order valence-electron chi connectivity index (χ1n) is 4.19. The van der Waals surface area contributed by atoms with Crippen molar-refractivity contribution in [1.29, 1.82) is 0 Å². The summed E-state index contributed by atoms with van der Waals surface area (Å²) < 4.78 is 5.18. The first kappa shape index (κ1) is 10.8. The van der Waals surface area contributed by atoms with Gasteiger partial charge in [0, 0.05) is 11.8 Å². The quantitative estimate of drug-likeness (QED) is 0.438. The summed E-state index contributed by atoms with van der Waals surface area (Å²) in [5.41, 5.74) is 0.872. The van der Waals surface area contributed by atoms with Crippen molar-refractivity contribution in [3.05, 3.63) is 33.9 Å². The van der Waals surface area contributed by atoms with Gasteiger partial charge in [0.2, 0.25) is 5.75 Å². The van der Waals surface area contributed by atoms with Crippen LogP contribution in [-0.2, 0) is 0 Å². The number of nitrogens with zero attached hydrogens (tertiary/aromatic N) is 1. The van der Waals surface area contributed by atoms with Gasteiger partial charge in [-0.05, 0) is 18.6 Å². The van der Waals surface area contributed by atoms with Crippen LogP contribution in [0.2, 0.25) is 0 Å². The van der Waals surface area contributed by atoms with E-state index in [1.54, 1.807) is 12.1 Å². The Morgan fingerprint density at radius 3 is 2.86 bits per heavy atom. The van der Waals surface area contributed by atoms with E-state index in [4.69, 9.17) is 4.18 Å². The maximum absolute atomic E-state index is 10.7. The molecule has 0 aliphatic rings. The van der Waals surface area contributed by atoms with E-state index in [9.17, 15) is 10.1 Å². The topological polar surface area (TPSA) is 52.4 Å². The molecule has 0 aliphatic heterocycles. The van der Waals surface area contributed by atoms with Crippen molar-refractivity contribution in [1.82, 2.24) is 0 Å². The zero-order chi connectivity index (χ0) is 10.6. The van der Waals surface area contributed by atoms with Crippen molar-refractivity contribution in [2.45, 2.75) is 13.8 Å². The molecule has 1 aromatic carbocycles. The van der Waals surface area contributed by atoms with Crippen molar-refractivity contribution >= 4 is 17.7 Å². The minimum absolute atomic E-state index is 0.0194. The molecule has 0 bridgehead atoms. The molecule has 0 radical (unpaired) electrons. The standard InChI is InChI=1S/C9H11NO3S/c1-3-14-13-9-5-4-7(2)6-8(9)10(11)12/h4-6H,3H2,1-2H3. The van der Waals surface area contributed by atoms with Crippen LogP contribution in [-0.4, -0.2) is 10.7 Å². The van der Waals surface area contributed by atoms with E-state index in [1.165, 1.54) is 18.1 Å². The lowest BCUT2D eigenvalue weighted by Gasteiger charge is -2.03. The fourth-order valence-electron chi connectivity index (χ4n) is 0.963. The summed E-state index contributed by atoms with van der Waals surface area (Å²) in [4.78, 5) is 10.2. The van der Waals surface area contributed by atoms with Crippen molar-refractivity contribution in [3.8, 4) is 5.75 Å². The van der Waals surface area contributed by atoms with E-state index in [0.29, 0.717) is 5.75 Å². The first-order chi connectivity index (χ1) is 6.65. The Bertz CT molecular complexity index is 341. The SMILES string of the molecule is CCSOc1ccc(C)cc1[N+](=O)[O-]. The van der Waals surface area contributed by atoms with Gasteiger partial charge in [-0.25, -0.2) is 0 Å². The number of benzene rings is 1. The van der Waals surface area contributed by atoms with Crippen molar-refractivity contribution in [2.75, 3.05) is 5.75 Å². The normalized spacial score (nSPS) is 9.86. The van der Waals surface area contributed by atoms with Crippen LogP contribution < -0.4 is 4.18 Å². The predicted molar refractivity (Wildman–Crippen MR) is 56.6 cm³/mol. The summed E-state index contributed by atoms with van der Waals surface area (Å²) in [7, 11) is 0. The molecule has 0 heterocycles. The summed E-state index contributed by atoms with van der Waals surface area (Å²) in [6, 6.07) is 4.92. The molecule has 0 fully saturated rings. The molecule has 14 heavy (non-hydrogen) atoms. The number of nitro groups is 1. The molecule has 76 valence electrons. The molecule has 5 heteroatoms. The molecular formula is C9H11NO3S. The molecule has 0 aliphatic carbocycles. The molecule has 0 saturated heterocycles. The van der Waals surface area contributed by atoms with E-state index in [2.05, 4.69) is 0 Å². The smallest absolute Gasteiger partial charge is 0.312 e. The number of rotatable bonds is 4. The van der Waals surface area contributed by atoms with Gasteiger partial charge in [0.15, 0.2) is 0 Å². The zero-order valence-electron chi connectivity index (χ0n) is 8.02. The van der Waals surface area contributed by atoms with E-state index in [-0.39, 0.29) is 5.69 Å². The van der Waals surface area contributed by atoms with Gasteiger partial charge in [-0.2, -0.15) is 0 Å². The third-order valence-electron chi connectivity index (χ3n) is 1.58. The van der Waals surface area contributed by atoms with Crippen LogP contribution in [0.15, 0.2) is 18.2 Å². The largest absolute Gasteiger partial charge is 0.419 e. The van der Waals surface area contributed by atoms with E-state index in [0.717, 1.165) is 11.3 Å². The highest BCUT2D eigenvalue weighted by Gasteiger charge is 2.14. The summed E-state index contributed by atoms with van der Waals surface area (Å²) in [5.74, 6) is 1.07. The lowest BCUT2D eigenvalue weighted by molar-refractivity contribution is -0.385. The molecule has 0 spiro atoms. The third kappa shape index (κ3) is 2.63. The molecule has 4 nitrogen and oxygen atoms in total. The van der Waals surface area contributed by atoms with Crippen molar-refractivity contribution in [3.63, 3.8) is 0 Å². The number of aryl methyl sites for hydroxylation is 1. The molecule has 0 amide bonds. The Balaban J connectivity index is 2.96. The van der Waals surface area contributed by atoms with Gasteiger partial charge < -0.3 is 4.18 Å². The van der Waals surface area contributed by atoms with E-state index >= 15 is 0 Å². The van der Waals surface area contributed by atoms with Crippen LogP contribution >= 0.6 is 12.0 Å². The Hall–Kier alpha value is -1.23. The van der Waals surface area contributed by atoms with Gasteiger partial charge in [0.25, 0.3) is 0 Å². The summed E-state index contributed by atoms with van der Waals surface area (Å²) in [6.07, 6.45) is 0. The molecule has 0 unspecified atom stereocenters. The van der Waals surface area contributed by atoms with Crippen LogP contribution in [0.5, 0.6) is 5.75 Å². The first-order valence-corrected chi connectivity index (χ1v) is 5.10. The highest BCUT2D eigenvalue weighted by atomic mass is 32.2. The fourth-order valence-corrected chi connectivity index (χ4v) is 1.35. The van der Waals surface area contributed by atoms with Crippen LogP contribution in [0.3, 0.4) is 0 Å². The van der Waals surface area contributed by atoms with Gasteiger partial charge in [-0.1, -0.05) is 13.0 Å². The molecule has 1 aromatic rings. The number of nitro benzene ring substituents is 1. The lowest BCUT2D eigenvalue weighted by atomic mass is 10.2. The zero-order valence-corrected chi connectivity index (χ0v) is 8.84. The molecule has 0 saturated carbocycles. The summed E-state index contributed by atoms with van der Waals surface area (Å²) in [5, 5.41) is 10.7. The Morgan fingerprint density at radius 2 is 2.29 bits per heavy atom. The highest BCUT2D eigenvalue weighted by molar-refractivity contribution is 7.94. The minimum atomic E-state index is -0.432. The predicted octanol–water partition coefficient (Wildman–Crippen LogP) is 2.95. The molecule has 0 N–H and O–H groups in total. The monoisotopic (exact) mass is 213 g/mol. The van der Waals surface area contributed by atoms with Crippen molar-refractivity contribution in [2.24, 2.45) is 0 Å². The Kier molecular flexibility index (Phi) is 3.76. The Morgan fingerprint density at radius 1 is 1.57 bits per heavy atom. The molecule has 0 aromatic heterocycles. The van der Waals surface area contributed by atoms with Gasteiger partial charge in [0.05, 0.1) is 17.0 Å². The van der Waals surface area contributed by atoms with Gasteiger partial charge in [-0.3, -0.25) is 10.1 Å². The fraction of sp³-hybridized carbons (Fsp3) is 0.333. The maximum atomic E-state index is 10.7. The van der Waals surface area contributed by atoms with Gasteiger partial charge in [0.1, 0.15) is 0 Å². The van der Waals surface area contributed by atoms with E-state index in [1.807, 2.05) is 13.8 Å². The average molecular weight is 213 g/mol. The van der Waals surface area contributed by atoms with Crippen molar-refractivity contribution < 1.29 is 9.11 Å². The van der Waals surface area contributed by atoms with Gasteiger partial charge in [-0.15, -0.1) is 0 Å². The second-order valence-corrected chi connectivity index (χ2v) is 3.70. The second-order valence-electron chi connectivity index (χ2n) is 2.72. The van der Waals surface area contributed by atoms with Crippen LogP contribution in [0.4, 0.5) is 5.69 Å². The number of hydrogen-bond acceptors (Lipinski definition) is 4. The van der Waals surface area contributed by atoms with Crippen LogP contribution in [0.25, 0.3) is 0 Å². The molecule has 0 atom stereocenters. The maximum Gasteiger partial charge on any atom is 0.312 e. The van der Waals surface area contributed by atoms with Gasteiger partial charge >= 0.3 is 5.69 Å². The second kappa shape index (κ2) is 4.85. The third-order valence-corrected chi connectivity index (χ3v) is 2.11. The highest BCUT2D eigenvalue weighted by Crippen LogP contribution is 2.30. The van der Waals surface area contributed by atoms with Crippen LogP contribution in [0.1, 0.15) is 12.5 Å². The summed E-state index contributed by atoms with van der Waals surface area (Å²) in [6.45, 7) is 3.73. The minimum Gasteiger partial charge on any atom is -0.419 e.